The first-order valence-corrected chi connectivity index (χ1v) is 7.11. The van der Waals surface area contributed by atoms with Gasteiger partial charge < -0.3 is 15.0 Å². The predicted octanol–water partition coefficient (Wildman–Crippen LogP) is 0.903. The normalized spacial score (nSPS) is 18.4. The Morgan fingerprint density at radius 2 is 2.30 bits per heavy atom. The van der Waals surface area contributed by atoms with Crippen LogP contribution in [0.3, 0.4) is 0 Å². The van der Waals surface area contributed by atoms with Crippen molar-refractivity contribution in [2.45, 2.75) is 13.0 Å². The molecule has 2 aliphatic heterocycles. The Morgan fingerprint density at radius 1 is 1.40 bits per heavy atom. The summed E-state index contributed by atoms with van der Waals surface area (Å²) in [4.78, 5) is 16.0. The summed E-state index contributed by atoms with van der Waals surface area (Å²) >= 11 is 0. The first kappa shape index (κ1) is 13.4. The Hall–Kier alpha value is -1.59. The monoisotopic (exact) mass is 275 g/mol. The van der Waals surface area contributed by atoms with Gasteiger partial charge in [0, 0.05) is 32.4 Å². The van der Waals surface area contributed by atoms with Crippen LogP contribution in [0.2, 0.25) is 0 Å². The number of benzene rings is 1. The van der Waals surface area contributed by atoms with Gasteiger partial charge in [-0.25, -0.2) is 0 Å². The second-order valence-electron chi connectivity index (χ2n) is 5.41. The maximum atomic E-state index is 11.9. The molecule has 20 heavy (non-hydrogen) atoms. The van der Waals surface area contributed by atoms with Crippen molar-refractivity contribution in [1.82, 2.24) is 9.80 Å². The highest BCUT2D eigenvalue weighted by Crippen LogP contribution is 2.27. The minimum atomic E-state index is 0.197. The third-order valence-electron chi connectivity index (χ3n) is 3.97. The number of hydrogen-bond donors (Lipinski definition) is 1. The van der Waals surface area contributed by atoms with Crippen LogP contribution in [0.4, 0.5) is 5.69 Å². The van der Waals surface area contributed by atoms with E-state index in [9.17, 15) is 4.79 Å². The Labute approximate surface area is 119 Å². The SMILES string of the molecule is COCCN1CN(Cc2cccc3c2NCC3)CC1=O. The Morgan fingerprint density at radius 3 is 3.15 bits per heavy atom. The van der Waals surface area contributed by atoms with E-state index in [0.29, 0.717) is 26.4 Å². The summed E-state index contributed by atoms with van der Waals surface area (Å²) in [5.74, 6) is 0.197. The molecule has 0 spiro atoms. The molecule has 2 heterocycles. The van der Waals surface area contributed by atoms with E-state index in [1.165, 1.54) is 16.8 Å². The first-order valence-electron chi connectivity index (χ1n) is 7.11. The van der Waals surface area contributed by atoms with Crippen molar-refractivity contribution in [3.05, 3.63) is 29.3 Å². The van der Waals surface area contributed by atoms with Gasteiger partial charge >= 0.3 is 0 Å². The van der Waals surface area contributed by atoms with E-state index in [1.807, 2.05) is 4.90 Å². The molecule has 1 fully saturated rings. The van der Waals surface area contributed by atoms with Gasteiger partial charge in [-0.15, -0.1) is 0 Å². The summed E-state index contributed by atoms with van der Waals surface area (Å²) in [5, 5.41) is 3.45. The summed E-state index contributed by atoms with van der Waals surface area (Å²) < 4.78 is 5.04. The number of hydrogen-bond acceptors (Lipinski definition) is 4. The lowest BCUT2D eigenvalue weighted by Crippen LogP contribution is -2.30. The van der Waals surface area contributed by atoms with Crippen LogP contribution in [0.15, 0.2) is 18.2 Å². The van der Waals surface area contributed by atoms with Crippen LogP contribution in [0.1, 0.15) is 11.1 Å². The Bertz CT molecular complexity index is 504. The molecular formula is C15H21N3O2. The number of ether oxygens (including phenoxy) is 1. The zero-order valence-corrected chi connectivity index (χ0v) is 11.9. The number of rotatable bonds is 5. The molecule has 108 valence electrons. The number of nitrogens with zero attached hydrogens (tertiary/aromatic N) is 2. The standard InChI is InChI=1S/C15H21N3O2/c1-20-8-7-18-11-17(10-14(18)19)9-13-4-2-3-12-5-6-16-15(12)13/h2-4,16H,5-11H2,1H3. The van der Waals surface area contributed by atoms with Crippen molar-refractivity contribution in [2.75, 3.05) is 45.3 Å². The Kier molecular flexibility index (Phi) is 3.89. The maximum absolute atomic E-state index is 11.9. The van der Waals surface area contributed by atoms with E-state index in [0.717, 1.165) is 19.5 Å². The fourth-order valence-corrected chi connectivity index (χ4v) is 2.95. The van der Waals surface area contributed by atoms with Crippen molar-refractivity contribution in [2.24, 2.45) is 0 Å². The Balaban J connectivity index is 1.65. The zero-order chi connectivity index (χ0) is 13.9. The average molecular weight is 275 g/mol. The second-order valence-corrected chi connectivity index (χ2v) is 5.41. The van der Waals surface area contributed by atoms with Crippen LogP contribution in [-0.2, 0) is 22.5 Å². The number of amides is 1. The van der Waals surface area contributed by atoms with E-state index in [2.05, 4.69) is 28.4 Å². The molecule has 1 saturated heterocycles. The molecule has 1 aromatic carbocycles. The molecule has 1 N–H and O–H groups in total. The van der Waals surface area contributed by atoms with Gasteiger partial charge in [0.1, 0.15) is 0 Å². The topological polar surface area (TPSA) is 44.8 Å². The quantitative estimate of drug-likeness (QED) is 0.867. The largest absolute Gasteiger partial charge is 0.384 e. The van der Waals surface area contributed by atoms with Gasteiger partial charge in [-0.3, -0.25) is 9.69 Å². The van der Waals surface area contributed by atoms with Crippen molar-refractivity contribution in [3.8, 4) is 0 Å². The molecule has 0 bridgehead atoms. The first-order chi connectivity index (χ1) is 9.78. The van der Waals surface area contributed by atoms with Crippen molar-refractivity contribution in [1.29, 1.82) is 0 Å². The number of fused-ring (bicyclic) bond motifs is 1. The van der Waals surface area contributed by atoms with E-state index in [-0.39, 0.29) is 5.91 Å². The fraction of sp³-hybridized carbons (Fsp3) is 0.533. The molecule has 1 amide bonds. The number of methoxy groups -OCH3 is 1. The highest BCUT2D eigenvalue weighted by molar-refractivity contribution is 5.80. The molecule has 3 rings (SSSR count). The number of para-hydroxylation sites is 1. The van der Waals surface area contributed by atoms with Crippen LogP contribution in [-0.4, -0.2) is 55.7 Å². The summed E-state index contributed by atoms with van der Waals surface area (Å²) in [6.07, 6.45) is 1.10. The van der Waals surface area contributed by atoms with Crippen LogP contribution in [0.5, 0.6) is 0 Å². The molecule has 0 aliphatic carbocycles. The lowest BCUT2D eigenvalue weighted by Gasteiger charge is -2.19. The minimum Gasteiger partial charge on any atom is -0.384 e. The molecule has 1 aromatic rings. The van der Waals surface area contributed by atoms with E-state index in [4.69, 9.17) is 4.74 Å². The number of carbonyl (C=O) groups is 1. The molecule has 0 saturated carbocycles. The minimum absolute atomic E-state index is 0.197. The van der Waals surface area contributed by atoms with Crippen LogP contribution in [0.25, 0.3) is 0 Å². The lowest BCUT2D eigenvalue weighted by atomic mass is 10.1. The average Bonchev–Trinajstić information content (AvgIpc) is 3.04. The van der Waals surface area contributed by atoms with Gasteiger partial charge in [-0.1, -0.05) is 18.2 Å². The zero-order valence-electron chi connectivity index (χ0n) is 11.9. The summed E-state index contributed by atoms with van der Waals surface area (Å²) in [5.41, 5.74) is 3.96. The predicted molar refractivity (Wildman–Crippen MR) is 77.5 cm³/mol. The number of carbonyl (C=O) groups excluding carboxylic acids is 1. The molecule has 0 unspecified atom stereocenters. The second kappa shape index (κ2) is 5.81. The van der Waals surface area contributed by atoms with Crippen LogP contribution < -0.4 is 5.32 Å². The summed E-state index contributed by atoms with van der Waals surface area (Å²) in [6, 6.07) is 6.44. The molecule has 5 heteroatoms. The molecular weight excluding hydrogens is 254 g/mol. The number of nitrogens with one attached hydrogen (secondary N) is 1. The third kappa shape index (κ3) is 2.64. The van der Waals surface area contributed by atoms with E-state index >= 15 is 0 Å². The molecule has 0 atom stereocenters. The van der Waals surface area contributed by atoms with Gasteiger partial charge in [0.05, 0.1) is 19.8 Å². The smallest absolute Gasteiger partial charge is 0.237 e. The van der Waals surface area contributed by atoms with Crippen LogP contribution in [0, 0.1) is 0 Å². The summed E-state index contributed by atoms with van der Waals surface area (Å²) in [7, 11) is 1.66. The van der Waals surface area contributed by atoms with E-state index < -0.39 is 0 Å². The van der Waals surface area contributed by atoms with Crippen molar-refractivity contribution < 1.29 is 9.53 Å². The summed E-state index contributed by atoms with van der Waals surface area (Å²) in [6.45, 7) is 4.33. The van der Waals surface area contributed by atoms with Gasteiger partial charge in [0.15, 0.2) is 0 Å². The number of anilines is 1. The molecule has 2 aliphatic rings. The molecule has 0 aromatic heterocycles. The molecule has 5 nitrogen and oxygen atoms in total. The van der Waals surface area contributed by atoms with Crippen molar-refractivity contribution in [3.63, 3.8) is 0 Å². The van der Waals surface area contributed by atoms with Gasteiger partial charge in [-0.05, 0) is 17.5 Å². The van der Waals surface area contributed by atoms with Crippen LogP contribution >= 0.6 is 0 Å². The highest BCUT2D eigenvalue weighted by atomic mass is 16.5. The fourth-order valence-electron chi connectivity index (χ4n) is 2.95. The van der Waals surface area contributed by atoms with Gasteiger partial charge in [-0.2, -0.15) is 0 Å². The van der Waals surface area contributed by atoms with Gasteiger partial charge in [0.2, 0.25) is 5.91 Å². The third-order valence-corrected chi connectivity index (χ3v) is 3.97. The van der Waals surface area contributed by atoms with Gasteiger partial charge in [0.25, 0.3) is 0 Å². The van der Waals surface area contributed by atoms with Crippen molar-refractivity contribution >= 4 is 11.6 Å². The lowest BCUT2D eigenvalue weighted by molar-refractivity contribution is -0.127. The molecule has 0 radical (unpaired) electrons. The highest BCUT2D eigenvalue weighted by Gasteiger charge is 2.27. The van der Waals surface area contributed by atoms with E-state index in [1.54, 1.807) is 7.11 Å². The maximum Gasteiger partial charge on any atom is 0.237 e.